The quantitative estimate of drug-likeness (QED) is 0.340. The van der Waals surface area contributed by atoms with Crippen molar-refractivity contribution in [2.45, 2.75) is 85.4 Å². The first kappa shape index (κ1) is 15.8. The number of unbranched alkanes of at least 4 members (excludes halogenated alkanes) is 9. The van der Waals surface area contributed by atoms with Crippen LogP contribution in [0, 0.1) is 0 Å². The molecule has 0 atom stereocenters. The van der Waals surface area contributed by atoms with Crippen molar-refractivity contribution in [3.8, 4) is 0 Å². The fourth-order valence-corrected chi connectivity index (χ4v) is 4.70. The first-order valence-corrected chi connectivity index (χ1v) is 14.8. The Kier molecular flexibility index (Phi) is 13.6. The van der Waals surface area contributed by atoms with Crippen LogP contribution in [0.25, 0.3) is 0 Å². The maximum absolute atomic E-state index is 2.52. The van der Waals surface area contributed by atoms with Gasteiger partial charge in [0.25, 0.3) is 0 Å². The van der Waals surface area contributed by atoms with Crippen molar-refractivity contribution in [2.24, 2.45) is 0 Å². The summed E-state index contributed by atoms with van der Waals surface area (Å²) in [6, 6.07) is 0. The predicted octanol–water partition coefficient (Wildman–Crippen LogP) is 5.66. The van der Waals surface area contributed by atoms with Gasteiger partial charge in [-0.25, -0.2) is 0 Å². The summed E-state index contributed by atoms with van der Waals surface area (Å²) in [5, 5.41) is 0. The van der Waals surface area contributed by atoms with Crippen LogP contribution in [0.15, 0.2) is 0 Å². The van der Waals surface area contributed by atoms with Crippen LogP contribution in [0.2, 0.25) is 14.3 Å². The molecule has 0 aromatic heterocycles. The summed E-state index contributed by atoms with van der Waals surface area (Å²) in [6.07, 6.45) is 14.8. The Bertz CT molecular complexity index is 110. The molecule has 0 aliphatic carbocycles. The molecule has 0 aromatic rings. The van der Waals surface area contributed by atoms with Crippen LogP contribution in [0.5, 0.6) is 0 Å². The number of rotatable bonds is 11. The number of hydrogen-bond donors (Lipinski definition) is 0. The van der Waals surface area contributed by atoms with Gasteiger partial charge in [-0.05, 0) is 0 Å². The van der Waals surface area contributed by atoms with Crippen LogP contribution < -0.4 is 0 Å². The fourth-order valence-electron chi connectivity index (χ4n) is 1.97. The van der Waals surface area contributed by atoms with Gasteiger partial charge in [0.05, 0.1) is 0 Å². The zero-order valence-corrected chi connectivity index (χ0v) is 14.1. The molecule has 0 bridgehead atoms. The molecule has 0 fully saturated rings. The molecule has 0 heterocycles. The zero-order valence-electron chi connectivity index (χ0n) is 11.3. The second-order valence-corrected chi connectivity index (χ2v) is 13.5. The van der Waals surface area contributed by atoms with E-state index in [9.17, 15) is 0 Å². The molecule has 0 aromatic carbocycles. The van der Waals surface area contributed by atoms with Gasteiger partial charge in [-0.3, -0.25) is 0 Å². The Morgan fingerprint density at radius 2 is 1.00 bits per heavy atom. The molecular weight excluding hydrogens is 287 g/mol. The SMILES string of the molecule is CCCCCCCCCCC[CH2][Sn+]([CH3])[CH3]. The van der Waals surface area contributed by atoms with Gasteiger partial charge in [0.2, 0.25) is 0 Å². The molecule has 0 N–H and O–H groups in total. The molecule has 0 saturated heterocycles. The average Bonchev–Trinajstić information content (AvgIpc) is 2.20. The molecule has 0 rings (SSSR count). The van der Waals surface area contributed by atoms with Gasteiger partial charge in [0.1, 0.15) is 0 Å². The molecule has 0 aliphatic rings. The van der Waals surface area contributed by atoms with E-state index in [1.807, 2.05) is 0 Å². The van der Waals surface area contributed by atoms with E-state index in [0.29, 0.717) is 0 Å². The Hall–Kier alpha value is 0.799. The molecular formula is C14H31Sn+. The molecule has 0 amide bonds. The Labute approximate surface area is 105 Å². The van der Waals surface area contributed by atoms with E-state index in [0.717, 1.165) is 0 Å². The fraction of sp³-hybridized carbons (Fsp3) is 1.00. The third kappa shape index (κ3) is 14.8. The van der Waals surface area contributed by atoms with Crippen molar-refractivity contribution in [3.05, 3.63) is 0 Å². The molecule has 15 heavy (non-hydrogen) atoms. The standard InChI is InChI=1S/C12H25.2CH3.Sn/c1-3-5-7-9-11-12-10-8-6-4-2;;;/h1,3-12H2,2H3;2*1H3;/q;;;+1. The van der Waals surface area contributed by atoms with Crippen molar-refractivity contribution in [1.29, 1.82) is 0 Å². The van der Waals surface area contributed by atoms with Crippen LogP contribution in [0.4, 0.5) is 0 Å². The summed E-state index contributed by atoms with van der Waals surface area (Å²) in [4.78, 5) is 5.05. The molecule has 0 nitrogen and oxygen atoms in total. The topological polar surface area (TPSA) is 0 Å². The second-order valence-electron chi connectivity index (χ2n) is 5.14. The van der Waals surface area contributed by atoms with Gasteiger partial charge in [-0.2, -0.15) is 0 Å². The van der Waals surface area contributed by atoms with E-state index in [2.05, 4.69) is 16.8 Å². The van der Waals surface area contributed by atoms with E-state index >= 15 is 0 Å². The van der Waals surface area contributed by atoms with Crippen molar-refractivity contribution >= 4 is 19.8 Å². The van der Waals surface area contributed by atoms with Gasteiger partial charge in [-0.15, -0.1) is 0 Å². The van der Waals surface area contributed by atoms with Crippen molar-refractivity contribution in [2.75, 3.05) is 0 Å². The maximum atomic E-state index is 2.52. The second kappa shape index (κ2) is 12.9. The van der Waals surface area contributed by atoms with E-state index in [1.165, 1.54) is 64.2 Å². The first-order valence-electron chi connectivity index (χ1n) is 7.06. The van der Waals surface area contributed by atoms with Gasteiger partial charge in [0, 0.05) is 0 Å². The summed E-state index contributed by atoms with van der Waals surface area (Å²) in [5.74, 6) is 0. The summed E-state index contributed by atoms with van der Waals surface area (Å²) >= 11 is -0.727. The Morgan fingerprint density at radius 1 is 0.600 bits per heavy atom. The third-order valence-corrected chi connectivity index (χ3v) is 6.89. The van der Waals surface area contributed by atoms with Gasteiger partial charge in [-0.1, -0.05) is 0 Å². The molecule has 1 heteroatoms. The van der Waals surface area contributed by atoms with E-state index < -0.39 is 19.8 Å². The number of hydrogen-bond acceptors (Lipinski definition) is 0. The predicted molar refractivity (Wildman–Crippen MR) is 74.1 cm³/mol. The summed E-state index contributed by atoms with van der Waals surface area (Å²) in [6.45, 7) is 2.29. The molecule has 0 spiro atoms. The van der Waals surface area contributed by atoms with Crippen LogP contribution in [0.1, 0.15) is 71.1 Å². The summed E-state index contributed by atoms with van der Waals surface area (Å²) < 4.78 is 1.62. The normalized spacial score (nSPS) is 10.6. The van der Waals surface area contributed by atoms with Crippen molar-refractivity contribution in [3.63, 3.8) is 0 Å². The van der Waals surface area contributed by atoms with Gasteiger partial charge < -0.3 is 0 Å². The molecule has 0 radical (unpaired) electrons. The first-order chi connectivity index (χ1) is 7.27. The monoisotopic (exact) mass is 319 g/mol. The Morgan fingerprint density at radius 3 is 1.40 bits per heavy atom. The van der Waals surface area contributed by atoms with E-state index in [1.54, 1.807) is 4.44 Å². The van der Waals surface area contributed by atoms with Crippen LogP contribution in [-0.2, 0) is 0 Å². The zero-order chi connectivity index (χ0) is 11.4. The average molecular weight is 318 g/mol. The third-order valence-electron chi connectivity index (χ3n) is 3.03. The minimum absolute atomic E-state index is 0.727. The van der Waals surface area contributed by atoms with Crippen molar-refractivity contribution in [1.82, 2.24) is 0 Å². The Balaban J connectivity index is 2.87. The van der Waals surface area contributed by atoms with Gasteiger partial charge in [0.15, 0.2) is 0 Å². The summed E-state index contributed by atoms with van der Waals surface area (Å²) in [5.41, 5.74) is 0. The molecule has 0 saturated carbocycles. The molecule has 0 aliphatic heterocycles. The minimum atomic E-state index is -0.727. The van der Waals surface area contributed by atoms with E-state index in [-0.39, 0.29) is 0 Å². The van der Waals surface area contributed by atoms with Crippen LogP contribution in [-0.4, -0.2) is 19.8 Å². The summed E-state index contributed by atoms with van der Waals surface area (Å²) in [7, 11) is 0. The van der Waals surface area contributed by atoms with Crippen LogP contribution in [0.3, 0.4) is 0 Å². The molecule has 90 valence electrons. The van der Waals surface area contributed by atoms with Gasteiger partial charge >= 0.3 is 105 Å². The van der Waals surface area contributed by atoms with Crippen molar-refractivity contribution < 1.29 is 0 Å². The van der Waals surface area contributed by atoms with E-state index in [4.69, 9.17) is 0 Å². The molecule has 0 unspecified atom stereocenters. The van der Waals surface area contributed by atoms with Crippen LogP contribution >= 0.6 is 0 Å².